The predicted octanol–water partition coefficient (Wildman–Crippen LogP) is 9.32. The van der Waals surface area contributed by atoms with Gasteiger partial charge in [-0.15, -0.1) is 22.7 Å². The highest BCUT2D eigenvalue weighted by Crippen LogP contribution is 2.44. The third-order valence-electron chi connectivity index (χ3n) is 12.1. The molecular weight excluding hydrogens is 791 g/mol. The molecule has 0 radical (unpaired) electrons. The third kappa shape index (κ3) is 8.12. The van der Waals surface area contributed by atoms with E-state index in [1.807, 2.05) is 12.4 Å². The summed E-state index contributed by atoms with van der Waals surface area (Å²) in [5.74, 6) is 5.26. The number of hydrogen-bond donors (Lipinski definition) is 3. The number of carbonyl (C=O) groups is 1. The number of nitrogens with two attached hydrogens (primary N) is 1. The first-order valence-electron chi connectivity index (χ1n) is 21.0. The second-order valence-electron chi connectivity index (χ2n) is 16.6. The molecule has 0 amide bonds. The summed E-state index contributed by atoms with van der Waals surface area (Å²) in [6.45, 7) is 6.38. The first kappa shape index (κ1) is 40.1. The number of aryl methyl sites for hydroxylation is 2. The summed E-state index contributed by atoms with van der Waals surface area (Å²) in [5.41, 5.74) is 15.0. The molecule has 4 N–H and O–H groups in total. The van der Waals surface area contributed by atoms with Crippen LogP contribution in [0, 0.1) is 17.8 Å². The van der Waals surface area contributed by atoms with Gasteiger partial charge in [-0.2, -0.15) is 0 Å². The minimum absolute atomic E-state index is 0.401. The lowest BCUT2D eigenvalue weighted by atomic mass is 9.84. The van der Waals surface area contributed by atoms with Gasteiger partial charge in [0.15, 0.2) is 0 Å². The molecule has 10 rings (SSSR count). The van der Waals surface area contributed by atoms with Gasteiger partial charge in [0.1, 0.15) is 51.2 Å². The number of Topliss-reactive ketones (excluding diaryl/α,β-unsaturated/α-hetero) is 1. The summed E-state index contributed by atoms with van der Waals surface area (Å²) in [4.78, 5) is 44.0. The van der Waals surface area contributed by atoms with Gasteiger partial charge in [-0.3, -0.25) is 14.8 Å². The third-order valence-corrected chi connectivity index (χ3v) is 14.4. The standard InChI is InChI=1S/C26H30N4O2S.C20H21N5OS/c1-15(2)8-19(31)6-4-16-5-7-20-23(9-16)33-26-24(20)25(28-14-29-26)30-21-10-17-12-27-13-18(17)11-22(21)32-3;1-26-16-6-13-9-22-8-12(13)5-15(16)25-19-18-14-3-2-11(7-21)4-17(14)27-20(18)24-10-23-19/h10-12,14-16H,4-9,13H2,1-3H3,(H,28,29,30);5-6,8,10-11H,2-4,7,9,21H2,1H3,(H,23,24,25). The van der Waals surface area contributed by atoms with Crippen molar-refractivity contribution in [2.45, 2.75) is 84.7 Å². The molecule has 0 spiro atoms. The van der Waals surface area contributed by atoms with Crippen molar-refractivity contribution in [1.82, 2.24) is 19.9 Å². The molecule has 4 aliphatic rings. The number of thiophene rings is 2. The fraction of sp³-hybridized carbons (Fsp3) is 0.413. The Morgan fingerprint density at radius 3 is 1.78 bits per heavy atom. The van der Waals surface area contributed by atoms with Crippen LogP contribution in [0.15, 0.2) is 46.9 Å². The molecule has 6 aromatic rings. The molecule has 0 saturated carbocycles. The molecule has 14 heteroatoms. The lowest BCUT2D eigenvalue weighted by Crippen LogP contribution is -2.21. The highest BCUT2D eigenvalue weighted by Gasteiger charge is 2.27. The van der Waals surface area contributed by atoms with Gasteiger partial charge in [0, 0.05) is 35.0 Å². The number of aliphatic imine (C=N–C) groups is 2. The van der Waals surface area contributed by atoms with Crippen molar-refractivity contribution in [1.29, 1.82) is 0 Å². The van der Waals surface area contributed by atoms with Crippen LogP contribution in [-0.4, -0.2) is 58.9 Å². The van der Waals surface area contributed by atoms with E-state index >= 15 is 0 Å². The Balaban J connectivity index is 0.000000157. The van der Waals surface area contributed by atoms with Gasteiger partial charge in [-0.1, -0.05) is 13.8 Å². The fourth-order valence-corrected chi connectivity index (χ4v) is 11.6. The maximum absolute atomic E-state index is 12.2. The van der Waals surface area contributed by atoms with Gasteiger partial charge in [0.25, 0.3) is 0 Å². The normalized spacial score (nSPS) is 17.2. The number of ketones is 1. The Kier molecular flexibility index (Phi) is 11.6. The van der Waals surface area contributed by atoms with Gasteiger partial charge in [-0.05, 0) is 127 Å². The van der Waals surface area contributed by atoms with Gasteiger partial charge >= 0.3 is 0 Å². The van der Waals surface area contributed by atoms with E-state index in [-0.39, 0.29) is 0 Å². The number of fused-ring (bicyclic) bond motifs is 8. The summed E-state index contributed by atoms with van der Waals surface area (Å²) < 4.78 is 11.3. The van der Waals surface area contributed by atoms with E-state index in [1.165, 1.54) is 32.0 Å². The number of ether oxygens (including phenoxy) is 2. The second kappa shape index (κ2) is 17.3. The number of anilines is 4. The van der Waals surface area contributed by atoms with Crippen molar-refractivity contribution in [3.63, 3.8) is 0 Å². The Bertz CT molecular complexity index is 2650. The SMILES string of the molecule is COc1cc2c(cc1Nc1ncnc3sc4c(c13)CCC(CCC(=O)CC(C)C)C4)C=NC2.COc1cc2c(cc1Nc1ncnc3sc4c(c13)CCC(CN)C4)C=NC2. The van der Waals surface area contributed by atoms with Crippen LogP contribution in [0.25, 0.3) is 20.4 Å². The first-order chi connectivity index (χ1) is 29.3. The van der Waals surface area contributed by atoms with Crippen LogP contribution in [0.4, 0.5) is 23.0 Å². The first-order valence-corrected chi connectivity index (χ1v) is 22.6. The highest BCUT2D eigenvalue weighted by atomic mass is 32.1. The van der Waals surface area contributed by atoms with Crippen LogP contribution in [0.5, 0.6) is 11.5 Å². The largest absolute Gasteiger partial charge is 0.495 e. The van der Waals surface area contributed by atoms with E-state index < -0.39 is 0 Å². The van der Waals surface area contributed by atoms with E-state index in [2.05, 4.69) is 78.7 Å². The Hall–Kier alpha value is -5.31. The van der Waals surface area contributed by atoms with Crippen molar-refractivity contribution in [2.24, 2.45) is 33.5 Å². The number of rotatable bonds is 12. The van der Waals surface area contributed by atoms with Crippen LogP contribution >= 0.6 is 22.7 Å². The summed E-state index contributed by atoms with van der Waals surface area (Å²) in [6, 6.07) is 8.28. The Morgan fingerprint density at radius 1 is 0.767 bits per heavy atom. The molecule has 0 fully saturated rings. The summed E-state index contributed by atoms with van der Waals surface area (Å²) >= 11 is 3.55. The lowest BCUT2D eigenvalue weighted by molar-refractivity contribution is -0.120. The van der Waals surface area contributed by atoms with E-state index in [0.29, 0.717) is 49.5 Å². The average molecular weight is 842 g/mol. The van der Waals surface area contributed by atoms with Crippen LogP contribution < -0.4 is 25.8 Å². The molecule has 4 aromatic heterocycles. The van der Waals surface area contributed by atoms with E-state index in [0.717, 1.165) is 118 Å². The summed E-state index contributed by atoms with van der Waals surface area (Å²) in [7, 11) is 3.38. The van der Waals surface area contributed by atoms with Crippen molar-refractivity contribution in [2.75, 3.05) is 31.4 Å². The highest BCUT2D eigenvalue weighted by molar-refractivity contribution is 7.19. The molecule has 2 aromatic carbocycles. The van der Waals surface area contributed by atoms with Gasteiger partial charge in [-0.25, -0.2) is 19.9 Å². The second-order valence-corrected chi connectivity index (χ2v) is 18.8. The topological polar surface area (TPSA) is 162 Å². The molecule has 6 heterocycles. The van der Waals surface area contributed by atoms with Crippen molar-refractivity contribution >= 4 is 84.3 Å². The quantitative estimate of drug-likeness (QED) is 0.108. The zero-order chi connectivity index (χ0) is 41.3. The van der Waals surface area contributed by atoms with Crippen LogP contribution in [0.3, 0.4) is 0 Å². The number of hydrogen-bond acceptors (Lipinski definition) is 14. The van der Waals surface area contributed by atoms with Gasteiger partial charge in [0.2, 0.25) is 0 Å². The minimum Gasteiger partial charge on any atom is -0.495 e. The molecule has 310 valence electrons. The average Bonchev–Trinajstić information content (AvgIpc) is 4.06. The number of benzene rings is 2. The maximum Gasteiger partial charge on any atom is 0.142 e. The number of aromatic nitrogens is 4. The molecule has 0 bridgehead atoms. The van der Waals surface area contributed by atoms with E-state index in [4.69, 9.17) is 15.2 Å². The van der Waals surface area contributed by atoms with Crippen molar-refractivity contribution in [3.8, 4) is 11.5 Å². The number of nitrogens with one attached hydrogen (secondary N) is 2. The smallest absolute Gasteiger partial charge is 0.142 e. The lowest BCUT2D eigenvalue weighted by Gasteiger charge is -2.22. The van der Waals surface area contributed by atoms with Gasteiger partial charge in [0.05, 0.1) is 49.5 Å². The molecule has 0 saturated heterocycles. The molecule has 2 aliphatic heterocycles. The summed E-state index contributed by atoms with van der Waals surface area (Å²) in [6.07, 6.45) is 15.8. The van der Waals surface area contributed by atoms with Crippen LogP contribution in [0.1, 0.15) is 89.1 Å². The molecular formula is C46H51N9O3S2. The monoisotopic (exact) mass is 841 g/mol. The Labute approximate surface area is 358 Å². The number of nitrogens with zero attached hydrogens (tertiary/aromatic N) is 6. The van der Waals surface area contributed by atoms with E-state index in [9.17, 15) is 4.79 Å². The molecule has 2 unspecified atom stereocenters. The molecule has 2 aliphatic carbocycles. The minimum atomic E-state index is 0.401. The Morgan fingerprint density at radius 2 is 1.28 bits per heavy atom. The molecule has 2 atom stereocenters. The van der Waals surface area contributed by atoms with E-state index in [1.54, 1.807) is 49.5 Å². The summed E-state index contributed by atoms with van der Waals surface area (Å²) in [5, 5.41) is 9.30. The molecule has 60 heavy (non-hydrogen) atoms. The van der Waals surface area contributed by atoms with Crippen LogP contribution in [0.2, 0.25) is 0 Å². The van der Waals surface area contributed by atoms with Crippen molar-refractivity contribution < 1.29 is 14.3 Å². The number of methoxy groups -OCH3 is 2. The van der Waals surface area contributed by atoms with Gasteiger partial charge < -0.3 is 25.8 Å². The molecule has 12 nitrogen and oxygen atoms in total. The maximum atomic E-state index is 12.2. The predicted molar refractivity (Wildman–Crippen MR) is 244 cm³/mol. The zero-order valence-corrected chi connectivity index (χ0v) is 36.3. The van der Waals surface area contributed by atoms with Crippen LogP contribution in [-0.2, 0) is 43.6 Å². The number of carbonyl (C=O) groups excluding carboxylic acids is 1. The fourth-order valence-electron chi connectivity index (χ4n) is 8.98. The zero-order valence-electron chi connectivity index (χ0n) is 34.6. The van der Waals surface area contributed by atoms with Crippen molar-refractivity contribution in [3.05, 3.63) is 80.1 Å².